The van der Waals surface area contributed by atoms with Crippen molar-refractivity contribution < 1.29 is 9.53 Å². The van der Waals surface area contributed by atoms with E-state index in [0.29, 0.717) is 5.84 Å². The summed E-state index contributed by atoms with van der Waals surface area (Å²) in [4.78, 5) is 19.9. The van der Waals surface area contributed by atoms with Crippen molar-refractivity contribution in [1.29, 1.82) is 0 Å². The highest BCUT2D eigenvalue weighted by molar-refractivity contribution is 5.84. The standard InChI is InChI=1S/C7H13N9O2/c1-11-6(3-12-15-9)14-5(8)2-7(17)18-4-13-16-10/h5H,2-4,8H2,1H3,(H,11,14). The summed E-state index contributed by atoms with van der Waals surface area (Å²) in [7, 11) is 1.49. The van der Waals surface area contributed by atoms with E-state index in [2.05, 4.69) is 35.1 Å². The van der Waals surface area contributed by atoms with Gasteiger partial charge in [0.2, 0.25) is 0 Å². The molecule has 0 saturated heterocycles. The molecular weight excluding hydrogens is 242 g/mol. The van der Waals surface area contributed by atoms with Gasteiger partial charge in [0.15, 0.2) is 6.73 Å². The van der Waals surface area contributed by atoms with E-state index in [1.54, 1.807) is 0 Å². The van der Waals surface area contributed by atoms with Gasteiger partial charge >= 0.3 is 5.97 Å². The van der Waals surface area contributed by atoms with Crippen molar-refractivity contribution in [2.45, 2.75) is 12.6 Å². The molecule has 11 heteroatoms. The second-order valence-electron chi connectivity index (χ2n) is 2.89. The van der Waals surface area contributed by atoms with Crippen molar-refractivity contribution in [2.24, 2.45) is 21.0 Å². The Morgan fingerprint density at radius 1 is 1.44 bits per heavy atom. The van der Waals surface area contributed by atoms with Crippen molar-refractivity contribution in [3.05, 3.63) is 20.9 Å². The molecule has 0 radical (unpaired) electrons. The van der Waals surface area contributed by atoms with Gasteiger partial charge in [0.05, 0.1) is 19.1 Å². The number of esters is 1. The Bertz CT molecular complexity index is 394. The number of ether oxygens (including phenoxy) is 1. The molecule has 0 saturated carbocycles. The molecule has 1 atom stereocenters. The zero-order valence-corrected chi connectivity index (χ0v) is 9.72. The van der Waals surface area contributed by atoms with Crippen molar-refractivity contribution in [3.63, 3.8) is 0 Å². The molecule has 0 heterocycles. The number of azide groups is 2. The number of hydrogen-bond acceptors (Lipinski definition) is 6. The summed E-state index contributed by atoms with van der Waals surface area (Å²) in [5, 5.41) is 9.01. The number of amidine groups is 1. The van der Waals surface area contributed by atoms with E-state index < -0.39 is 12.1 Å². The van der Waals surface area contributed by atoms with Gasteiger partial charge in [0, 0.05) is 16.9 Å². The van der Waals surface area contributed by atoms with E-state index in [1.165, 1.54) is 7.05 Å². The molecule has 0 rings (SSSR count). The average Bonchev–Trinajstić information content (AvgIpc) is 2.34. The number of rotatable bonds is 7. The summed E-state index contributed by atoms with van der Waals surface area (Å²) in [5.74, 6) is -0.273. The monoisotopic (exact) mass is 255 g/mol. The number of nitrogens with two attached hydrogens (primary N) is 1. The number of carbonyl (C=O) groups excluding carboxylic acids is 1. The predicted octanol–water partition coefficient (Wildman–Crippen LogP) is 0.401. The highest BCUT2D eigenvalue weighted by atomic mass is 16.5. The van der Waals surface area contributed by atoms with Crippen LogP contribution in [0, 0.1) is 0 Å². The van der Waals surface area contributed by atoms with Gasteiger partial charge in [-0.15, -0.1) is 0 Å². The minimum Gasteiger partial charge on any atom is -0.459 e. The molecular formula is C7H13N9O2. The van der Waals surface area contributed by atoms with Gasteiger partial charge in [0.1, 0.15) is 5.84 Å². The van der Waals surface area contributed by atoms with E-state index in [-0.39, 0.29) is 19.7 Å². The molecule has 0 spiro atoms. The van der Waals surface area contributed by atoms with Crippen LogP contribution in [0.25, 0.3) is 20.9 Å². The Balaban J connectivity index is 4.07. The van der Waals surface area contributed by atoms with Gasteiger partial charge in [-0.05, 0) is 11.1 Å². The largest absolute Gasteiger partial charge is 0.459 e. The second-order valence-corrected chi connectivity index (χ2v) is 2.89. The van der Waals surface area contributed by atoms with Crippen LogP contribution >= 0.6 is 0 Å². The van der Waals surface area contributed by atoms with Crippen LogP contribution in [0.4, 0.5) is 0 Å². The zero-order valence-electron chi connectivity index (χ0n) is 9.72. The molecule has 0 aliphatic carbocycles. The molecule has 3 N–H and O–H groups in total. The molecule has 0 bridgehead atoms. The molecule has 0 aromatic heterocycles. The number of aliphatic imine (C=N–C) groups is 1. The quantitative estimate of drug-likeness (QED) is 0.127. The van der Waals surface area contributed by atoms with Crippen LogP contribution in [-0.4, -0.2) is 38.3 Å². The Labute approximate surface area is 102 Å². The van der Waals surface area contributed by atoms with E-state index in [1.807, 2.05) is 0 Å². The van der Waals surface area contributed by atoms with Crippen molar-refractivity contribution in [2.75, 3.05) is 20.3 Å². The fourth-order valence-corrected chi connectivity index (χ4v) is 0.910. The number of hydrogen-bond donors (Lipinski definition) is 2. The van der Waals surface area contributed by atoms with Gasteiger partial charge in [-0.25, -0.2) is 0 Å². The van der Waals surface area contributed by atoms with Crippen LogP contribution in [0.3, 0.4) is 0 Å². The first-order valence-electron chi connectivity index (χ1n) is 4.79. The summed E-state index contributed by atoms with van der Waals surface area (Å²) < 4.78 is 4.55. The van der Waals surface area contributed by atoms with Crippen LogP contribution < -0.4 is 11.1 Å². The molecule has 18 heavy (non-hydrogen) atoms. The lowest BCUT2D eigenvalue weighted by Crippen LogP contribution is -2.44. The highest BCUT2D eigenvalue weighted by Gasteiger charge is 2.11. The smallest absolute Gasteiger partial charge is 0.309 e. The molecule has 0 aliphatic heterocycles. The molecule has 0 fully saturated rings. The second kappa shape index (κ2) is 9.73. The third-order valence-corrected chi connectivity index (χ3v) is 1.64. The van der Waals surface area contributed by atoms with E-state index in [4.69, 9.17) is 16.8 Å². The predicted molar refractivity (Wildman–Crippen MR) is 63.2 cm³/mol. The van der Waals surface area contributed by atoms with Gasteiger partial charge in [-0.1, -0.05) is 10.2 Å². The first kappa shape index (κ1) is 15.5. The molecule has 0 aliphatic rings. The van der Waals surface area contributed by atoms with Gasteiger partial charge in [0.25, 0.3) is 0 Å². The lowest BCUT2D eigenvalue weighted by atomic mass is 10.3. The third kappa shape index (κ3) is 7.77. The Hall–Kier alpha value is -2.48. The van der Waals surface area contributed by atoms with E-state index in [9.17, 15) is 4.79 Å². The summed E-state index contributed by atoms with van der Waals surface area (Å²) in [6, 6.07) is 0. The van der Waals surface area contributed by atoms with Crippen molar-refractivity contribution in [1.82, 2.24) is 5.32 Å². The molecule has 98 valence electrons. The molecule has 0 aromatic carbocycles. The minimum atomic E-state index is -0.740. The normalized spacial score (nSPS) is 11.8. The first-order chi connectivity index (χ1) is 8.63. The summed E-state index contributed by atoms with van der Waals surface area (Å²) in [5.41, 5.74) is 21.7. The lowest BCUT2D eigenvalue weighted by Gasteiger charge is -2.14. The molecule has 1 unspecified atom stereocenters. The van der Waals surface area contributed by atoms with Gasteiger partial charge in [-0.3, -0.25) is 9.79 Å². The number of carbonyl (C=O) groups is 1. The van der Waals surface area contributed by atoms with Crippen LogP contribution in [0.15, 0.2) is 15.2 Å². The van der Waals surface area contributed by atoms with Crippen LogP contribution in [-0.2, 0) is 9.53 Å². The summed E-state index contributed by atoms with van der Waals surface area (Å²) in [6.07, 6.45) is -0.882. The minimum absolute atomic E-state index is 0.00841. The molecule has 0 aromatic rings. The maximum Gasteiger partial charge on any atom is 0.309 e. The molecule has 11 nitrogen and oxygen atoms in total. The van der Waals surface area contributed by atoms with Crippen LogP contribution in [0.1, 0.15) is 6.42 Å². The van der Waals surface area contributed by atoms with Crippen molar-refractivity contribution in [3.8, 4) is 0 Å². The topological polar surface area (TPSA) is 174 Å². The lowest BCUT2D eigenvalue weighted by molar-refractivity contribution is -0.143. The Morgan fingerprint density at radius 3 is 2.67 bits per heavy atom. The van der Waals surface area contributed by atoms with Crippen molar-refractivity contribution >= 4 is 11.8 Å². The fraction of sp³-hybridized carbons (Fsp3) is 0.714. The van der Waals surface area contributed by atoms with Crippen LogP contribution in [0.5, 0.6) is 0 Å². The average molecular weight is 255 g/mol. The maximum atomic E-state index is 11.2. The van der Waals surface area contributed by atoms with Gasteiger partial charge < -0.3 is 15.8 Å². The fourth-order valence-electron chi connectivity index (χ4n) is 0.910. The van der Waals surface area contributed by atoms with Gasteiger partial charge in [-0.2, -0.15) is 0 Å². The van der Waals surface area contributed by atoms with E-state index >= 15 is 0 Å². The summed E-state index contributed by atoms with van der Waals surface area (Å²) in [6.45, 7) is -0.371. The highest BCUT2D eigenvalue weighted by Crippen LogP contribution is 1.91. The number of nitrogens with zero attached hydrogens (tertiary/aromatic N) is 7. The number of nitrogens with one attached hydrogen (secondary N) is 1. The third-order valence-electron chi connectivity index (χ3n) is 1.64. The first-order valence-corrected chi connectivity index (χ1v) is 4.79. The molecule has 0 amide bonds. The van der Waals surface area contributed by atoms with E-state index in [0.717, 1.165) is 0 Å². The maximum absolute atomic E-state index is 11.2. The van der Waals surface area contributed by atoms with Crippen LogP contribution in [0.2, 0.25) is 0 Å². The summed E-state index contributed by atoms with van der Waals surface area (Å²) >= 11 is 0. The Kier molecular flexibility index (Phi) is 8.39. The Morgan fingerprint density at radius 2 is 2.11 bits per heavy atom. The SMILES string of the molecule is CN=C(CN=[N+]=[N-])NC(N)CC(=O)OCN=[N+]=[N-]. The zero-order chi connectivity index (χ0) is 13.8.